The Balaban J connectivity index is 1.72. The number of nitrogens with zero attached hydrogens (tertiary/aromatic N) is 1. The fraction of sp³-hybridized carbons (Fsp3) is 0.652. The number of amides is 1. The van der Waals surface area contributed by atoms with Crippen LogP contribution in [0.4, 0.5) is 18.0 Å². The lowest BCUT2D eigenvalue weighted by molar-refractivity contribution is -0.182. The topological polar surface area (TPSA) is 76.1 Å². The van der Waals surface area contributed by atoms with Gasteiger partial charge in [0.25, 0.3) is 0 Å². The average molecular weight is 457 g/mol. The third-order valence-corrected chi connectivity index (χ3v) is 5.98. The van der Waals surface area contributed by atoms with Gasteiger partial charge in [0.15, 0.2) is 0 Å². The number of ether oxygens (including phenoxy) is 2. The van der Waals surface area contributed by atoms with Crippen LogP contribution in [0, 0.1) is 5.92 Å². The zero-order chi connectivity index (χ0) is 23.7. The number of halogens is 3. The molecule has 1 aromatic rings. The van der Waals surface area contributed by atoms with Gasteiger partial charge in [0.05, 0.1) is 18.0 Å². The maximum atomic E-state index is 13.1. The Morgan fingerprint density at radius 1 is 1.06 bits per heavy atom. The highest BCUT2D eigenvalue weighted by molar-refractivity contribution is 5.88. The monoisotopic (exact) mass is 457 g/mol. The van der Waals surface area contributed by atoms with Crippen molar-refractivity contribution < 1.29 is 37.3 Å². The predicted molar refractivity (Wildman–Crippen MR) is 111 cm³/mol. The van der Waals surface area contributed by atoms with Gasteiger partial charge >= 0.3 is 18.2 Å². The highest BCUT2D eigenvalue weighted by atomic mass is 19.4. The molecule has 0 unspecified atom stereocenters. The molecule has 1 saturated heterocycles. The van der Waals surface area contributed by atoms with Gasteiger partial charge in [-0.05, 0) is 76.1 Å². The second-order valence-electron chi connectivity index (χ2n) is 9.60. The van der Waals surface area contributed by atoms with Gasteiger partial charge < -0.3 is 19.5 Å². The van der Waals surface area contributed by atoms with Gasteiger partial charge in [0, 0.05) is 13.0 Å². The van der Waals surface area contributed by atoms with Crippen molar-refractivity contribution in [1.29, 1.82) is 0 Å². The average Bonchev–Trinajstić information content (AvgIpc) is 3.15. The molecule has 0 bridgehead atoms. The third kappa shape index (κ3) is 6.07. The van der Waals surface area contributed by atoms with Gasteiger partial charge in [-0.25, -0.2) is 9.59 Å². The number of likely N-dealkylation sites (tertiary alicyclic amines) is 1. The van der Waals surface area contributed by atoms with E-state index >= 15 is 0 Å². The molecule has 32 heavy (non-hydrogen) atoms. The summed E-state index contributed by atoms with van der Waals surface area (Å²) in [6, 6.07) is 4.52. The molecule has 6 nitrogen and oxygen atoms in total. The fourth-order valence-electron chi connectivity index (χ4n) is 4.34. The summed E-state index contributed by atoms with van der Waals surface area (Å²) >= 11 is 0. The number of benzene rings is 1. The maximum absolute atomic E-state index is 13.1. The van der Waals surface area contributed by atoms with Crippen LogP contribution in [0.15, 0.2) is 18.2 Å². The van der Waals surface area contributed by atoms with E-state index in [2.05, 4.69) is 0 Å². The van der Waals surface area contributed by atoms with Crippen LogP contribution in [-0.2, 0) is 4.74 Å². The number of hydrogen-bond acceptors (Lipinski definition) is 4. The molecule has 2 aliphatic rings. The molecule has 0 radical (unpaired) electrons. The number of aromatic carboxylic acids is 1. The number of carboxylic acid groups (broad SMARTS) is 1. The minimum absolute atomic E-state index is 0.0146. The molecule has 2 fully saturated rings. The lowest BCUT2D eigenvalue weighted by Gasteiger charge is -2.31. The predicted octanol–water partition coefficient (Wildman–Crippen LogP) is 5.61. The van der Waals surface area contributed by atoms with Gasteiger partial charge in [-0.1, -0.05) is 0 Å². The number of carbonyl (C=O) groups is 2. The number of hydrogen-bond donors (Lipinski definition) is 1. The summed E-state index contributed by atoms with van der Waals surface area (Å²) < 4.78 is 50.7. The second kappa shape index (κ2) is 9.19. The Labute approximate surface area is 185 Å². The molecule has 1 aliphatic carbocycles. The highest BCUT2D eigenvalue weighted by Crippen LogP contribution is 2.45. The summed E-state index contributed by atoms with van der Waals surface area (Å²) in [7, 11) is 0. The molecule has 9 heteroatoms. The van der Waals surface area contributed by atoms with E-state index < -0.39 is 29.8 Å². The molecule has 1 aliphatic heterocycles. The van der Waals surface area contributed by atoms with Crippen molar-refractivity contribution in [3.63, 3.8) is 0 Å². The summed E-state index contributed by atoms with van der Waals surface area (Å²) in [5.41, 5.74) is 0.0961. The minimum atomic E-state index is -4.21. The Kier molecular flexibility index (Phi) is 6.95. The van der Waals surface area contributed by atoms with Gasteiger partial charge in [0.1, 0.15) is 17.5 Å². The Morgan fingerprint density at radius 3 is 2.28 bits per heavy atom. The number of rotatable bonds is 4. The summed E-state index contributed by atoms with van der Waals surface area (Å²) in [4.78, 5) is 25.3. The molecule has 3 rings (SSSR count). The molecule has 1 saturated carbocycles. The molecule has 0 aromatic heterocycles. The van der Waals surface area contributed by atoms with Crippen LogP contribution in [0.5, 0.6) is 5.75 Å². The summed E-state index contributed by atoms with van der Waals surface area (Å²) in [6.45, 7) is 6.17. The van der Waals surface area contributed by atoms with E-state index in [-0.39, 0.29) is 30.4 Å². The zero-order valence-corrected chi connectivity index (χ0v) is 18.6. The number of carbonyl (C=O) groups excluding carboxylic acids is 1. The third-order valence-electron chi connectivity index (χ3n) is 5.98. The molecule has 178 valence electrons. The molecule has 1 amide bonds. The maximum Gasteiger partial charge on any atom is 0.410 e. The quantitative estimate of drug-likeness (QED) is 0.636. The van der Waals surface area contributed by atoms with Crippen molar-refractivity contribution in [2.75, 3.05) is 13.1 Å². The van der Waals surface area contributed by atoms with Crippen molar-refractivity contribution in [2.45, 2.75) is 76.7 Å². The zero-order valence-electron chi connectivity index (χ0n) is 18.6. The smallest absolute Gasteiger partial charge is 0.410 e. The summed E-state index contributed by atoms with van der Waals surface area (Å²) in [6.07, 6.45) is -3.68. The van der Waals surface area contributed by atoms with Crippen molar-refractivity contribution in [3.8, 4) is 5.75 Å². The Morgan fingerprint density at radius 2 is 1.72 bits per heavy atom. The van der Waals surface area contributed by atoms with Crippen molar-refractivity contribution >= 4 is 12.1 Å². The van der Waals surface area contributed by atoms with E-state index in [1.807, 2.05) is 0 Å². The molecule has 1 N–H and O–H groups in total. The van der Waals surface area contributed by atoms with E-state index in [0.29, 0.717) is 43.7 Å². The van der Waals surface area contributed by atoms with E-state index in [9.17, 15) is 27.9 Å². The number of carboxylic acids is 1. The van der Waals surface area contributed by atoms with E-state index in [4.69, 9.17) is 9.47 Å². The van der Waals surface area contributed by atoms with Crippen LogP contribution in [0.2, 0.25) is 0 Å². The first-order chi connectivity index (χ1) is 14.8. The van der Waals surface area contributed by atoms with Crippen molar-refractivity contribution in [3.05, 3.63) is 29.3 Å². The molecule has 1 aromatic carbocycles. The lowest BCUT2D eigenvalue weighted by atomic mass is 9.78. The highest BCUT2D eigenvalue weighted by Gasteiger charge is 2.42. The van der Waals surface area contributed by atoms with Crippen LogP contribution < -0.4 is 4.74 Å². The summed E-state index contributed by atoms with van der Waals surface area (Å²) in [5, 5.41) is 9.37. The van der Waals surface area contributed by atoms with Crippen LogP contribution in [-0.4, -0.2) is 53.0 Å². The van der Waals surface area contributed by atoms with Crippen LogP contribution in [0.1, 0.15) is 74.7 Å². The fourth-order valence-corrected chi connectivity index (χ4v) is 4.34. The van der Waals surface area contributed by atoms with E-state index in [1.165, 1.54) is 12.1 Å². The first-order valence-corrected chi connectivity index (χ1v) is 10.9. The van der Waals surface area contributed by atoms with Crippen LogP contribution >= 0.6 is 0 Å². The number of alkyl halides is 3. The molecule has 1 heterocycles. The van der Waals surface area contributed by atoms with Gasteiger partial charge in [-0.2, -0.15) is 13.2 Å². The van der Waals surface area contributed by atoms with Crippen molar-refractivity contribution in [1.82, 2.24) is 4.90 Å². The molecular formula is C23H30F3NO5. The SMILES string of the molecule is CC(C)(C)OC(=O)N1CC[C@H](Oc2ccc(C(=O)O)cc2C2CCC(C(F)(F)F)CC2)C1. The first kappa shape index (κ1) is 24.2. The van der Waals surface area contributed by atoms with Crippen molar-refractivity contribution in [2.24, 2.45) is 5.92 Å². The molecule has 0 spiro atoms. The second-order valence-corrected chi connectivity index (χ2v) is 9.60. The lowest BCUT2D eigenvalue weighted by Crippen LogP contribution is -2.36. The normalized spacial score (nSPS) is 24.3. The first-order valence-electron chi connectivity index (χ1n) is 10.9. The molecular weight excluding hydrogens is 427 g/mol. The minimum Gasteiger partial charge on any atom is -0.488 e. The van der Waals surface area contributed by atoms with Crippen LogP contribution in [0.25, 0.3) is 0 Å². The summed E-state index contributed by atoms with van der Waals surface area (Å²) in [5.74, 6) is -2.14. The van der Waals surface area contributed by atoms with E-state index in [1.54, 1.807) is 31.7 Å². The Bertz CT molecular complexity index is 841. The largest absolute Gasteiger partial charge is 0.488 e. The standard InChI is InChI=1S/C23H30F3NO5/c1-22(2,3)32-21(30)27-11-10-17(13-27)31-19-9-6-15(20(28)29)12-18(19)14-4-7-16(8-5-14)23(24,25)26/h6,9,12,14,16-17H,4-5,7-8,10-11,13H2,1-3H3,(H,28,29)/t14?,16?,17-/m0/s1. The van der Waals surface area contributed by atoms with Gasteiger partial charge in [-0.15, -0.1) is 0 Å². The Hall–Kier alpha value is -2.45. The van der Waals surface area contributed by atoms with Gasteiger partial charge in [-0.3, -0.25) is 0 Å². The molecule has 1 atom stereocenters. The van der Waals surface area contributed by atoms with E-state index in [0.717, 1.165) is 0 Å². The van der Waals surface area contributed by atoms with Gasteiger partial charge in [0.2, 0.25) is 0 Å². The van der Waals surface area contributed by atoms with Crippen LogP contribution in [0.3, 0.4) is 0 Å².